The first-order chi connectivity index (χ1) is 14.5. The van der Waals surface area contributed by atoms with Crippen molar-refractivity contribution in [2.75, 3.05) is 27.3 Å². The summed E-state index contributed by atoms with van der Waals surface area (Å²) in [4.78, 5) is 2.28. The smallest absolute Gasteiger partial charge is 0.161 e. The molecule has 1 aromatic carbocycles. The monoisotopic (exact) mass is 416 g/mol. The molecule has 1 saturated carbocycles. The lowest BCUT2D eigenvalue weighted by molar-refractivity contribution is 0.0553. The van der Waals surface area contributed by atoms with Crippen molar-refractivity contribution in [2.24, 2.45) is 0 Å². The largest absolute Gasteiger partial charge is 0.493 e. The summed E-state index contributed by atoms with van der Waals surface area (Å²) < 4.78 is 16.9. The second kappa shape index (κ2) is 11.4. The van der Waals surface area contributed by atoms with E-state index in [1.165, 1.54) is 32.1 Å². The lowest BCUT2D eigenvalue weighted by atomic mass is 9.94. The number of furan rings is 1. The molecule has 6 nitrogen and oxygen atoms in total. The van der Waals surface area contributed by atoms with Crippen LogP contribution in [0.4, 0.5) is 0 Å². The highest BCUT2D eigenvalue weighted by atomic mass is 16.5. The van der Waals surface area contributed by atoms with E-state index in [0.717, 1.165) is 17.1 Å². The van der Waals surface area contributed by atoms with Gasteiger partial charge in [0.15, 0.2) is 11.5 Å². The van der Waals surface area contributed by atoms with Crippen LogP contribution in [0.2, 0.25) is 0 Å². The summed E-state index contributed by atoms with van der Waals surface area (Å²) in [5.74, 6) is 3.17. The molecular formula is C24H36N2O4. The summed E-state index contributed by atoms with van der Waals surface area (Å²) in [5.41, 5.74) is 1.10. The highest BCUT2D eigenvalue weighted by molar-refractivity contribution is 5.43. The van der Waals surface area contributed by atoms with Gasteiger partial charge in [-0.15, -0.1) is 0 Å². The summed E-state index contributed by atoms with van der Waals surface area (Å²) in [6.45, 7) is 4.20. The summed E-state index contributed by atoms with van der Waals surface area (Å²) in [6.07, 6.45) is 5.85. The minimum absolute atomic E-state index is 0.253. The van der Waals surface area contributed by atoms with Crippen LogP contribution >= 0.6 is 0 Å². The molecule has 0 saturated heterocycles. The van der Waals surface area contributed by atoms with E-state index in [9.17, 15) is 5.11 Å². The number of nitrogens with zero attached hydrogens (tertiary/aromatic N) is 1. The van der Waals surface area contributed by atoms with Crippen molar-refractivity contribution in [1.82, 2.24) is 10.2 Å². The molecule has 30 heavy (non-hydrogen) atoms. The molecule has 1 aliphatic carbocycles. The Bertz CT molecular complexity index is 770. The van der Waals surface area contributed by atoms with Crippen LogP contribution in [0.5, 0.6) is 11.5 Å². The van der Waals surface area contributed by atoms with Gasteiger partial charge in [0, 0.05) is 19.1 Å². The first-order valence-electron chi connectivity index (χ1n) is 11.0. The predicted molar refractivity (Wildman–Crippen MR) is 118 cm³/mol. The SMILES string of the molecule is COc1cc(CNCc2ccc(C)o2)ccc1OC[C@H](O)CN(C)C1CCCCC1. The Morgan fingerprint density at radius 1 is 1.13 bits per heavy atom. The van der Waals surface area contributed by atoms with E-state index in [2.05, 4.69) is 17.3 Å². The number of nitrogens with one attached hydrogen (secondary N) is 1. The van der Waals surface area contributed by atoms with Gasteiger partial charge in [-0.1, -0.05) is 25.3 Å². The second-order valence-corrected chi connectivity index (χ2v) is 8.30. The van der Waals surface area contributed by atoms with Crippen LogP contribution in [-0.2, 0) is 13.1 Å². The van der Waals surface area contributed by atoms with E-state index in [-0.39, 0.29) is 6.61 Å². The zero-order valence-corrected chi connectivity index (χ0v) is 18.5. The predicted octanol–water partition coefficient (Wildman–Crippen LogP) is 3.89. The Balaban J connectivity index is 1.45. The van der Waals surface area contributed by atoms with E-state index in [1.807, 2.05) is 37.3 Å². The number of likely N-dealkylation sites (N-methyl/N-ethyl adjacent to an activating group) is 1. The Kier molecular flexibility index (Phi) is 8.61. The fraction of sp³-hybridized carbons (Fsp3) is 0.583. The lowest BCUT2D eigenvalue weighted by Crippen LogP contribution is -2.40. The first-order valence-corrected chi connectivity index (χ1v) is 11.0. The second-order valence-electron chi connectivity index (χ2n) is 8.30. The first kappa shape index (κ1) is 22.7. The summed E-state index contributed by atoms with van der Waals surface area (Å²) >= 11 is 0. The van der Waals surface area contributed by atoms with Gasteiger partial charge in [-0.05, 0) is 56.6 Å². The van der Waals surface area contributed by atoms with Gasteiger partial charge >= 0.3 is 0 Å². The number of methoxy groups -OCH3 is 1. The molecule has 166 valence electrons. The van der Waals surface area contributed by atoms with Crippen LogP contribution < -0.4 is 14.8 Å². The fourth-order valence-electron chi connectivity index (χ4n) is 4.09. The van der Waals surface area contributed by atoms with Crippen molar-refractivity contribution < 1.29 is 19.0 Å². The van der Waals surface area contributed by atoms with Crippen molar-refractivity contribution in [1.29, 1.82) is 0 Å². The molecule has 0 amide bonds. The van der Waals surface area contributed by atoms with Crippen LogP contribution in [0.3, 0.4) is 0 Å². The van der Waals surface area contributed by atoms with Crippen LogP contribution in [0.15, 0.2) is 34.7 Å². The Hall–Kier alpha value is -2.02. The number of rotatable bonds is 11. The summed E-state index contributed by atoms with van der Waals surface area (Å²) in [7, 11) is 3.74. The van der Waals surface area contributed by atoms with Crippen LogP contribution in [0.1, 0.15) is 49.2 Å². The van der Waals surface area contributed by atoms with Crippen molar-refractivity contribution in [3.05, 3.63) is 47.4 Å². The normalized spacial score (nSPS) is 16.0. The van der Waals surface area contributed by atoms with Gasteiger partial charge in [0.25, 0.3) is 0 Å². The lowest BCUT2D eigenvalue weighted by Gasteiger charge is -2.32. The molecule has 2 N–H and O–H groups in total. The van der Waals surface area contributed by atoms with Gasteiger partial charge in [0.1, 0.15) is 24.2 Å². The van der Waals surface area contributed by atoms with Crippen molar-refractivity contribution >= 4 is 0 Å². The highest BCUT2D eigenvalue weighted by Crippen LogP contribution is 2.28. The Morgan fingerprint density at radius 3 is 2.63 bits per heavy atom. The number of ether oxygens (including phenoxy) is 2. The Morgan fingerprint density at radius 2 is 1.93 bits per heavy atom. The number of aryl methyl sites for hydroxylation is 1. The van der Waals surface area contributed by atoms with Gasteiger partial charge < -0.3 is 29.2 Å². The molecule has 3 rings (SSSR count). The van der Waals surface area contributed by atoms with Crippen molar-refractivity contribution in [3.8, 4) is 11.5 Å². The zero-order chi connectivity index (χ0) is 21.3. The maximum absolute atomic E-state index is 10.4. The highest BCUT2D eigenvalue weighted by Gasteiger charge is 2.20. The van der Waals surface area contributed by atoms with Gasteiger partial charge in [0.2, 0.25) is 0 Å². The molecule has 0 spiro atoms. The van der Waals surface area contributed by atoms with Gasteiger partial charge in [-0.3, -0.25) is 0 Å². The average Bonchev–Trinajstić information content (AvgIpc) is 3.18. The molecule has 0 radical (unpaired) electrons. The number of aliphatic hydroxyl groups is 1. The standard InChI is InChI=1S/C24H36N2O4/c1-18-9-11-22(30-18)15-25-14-19-10-12-23(24(13-19)28-3)29-17-21(27)16-26(2)20-7-5-4-6-8-20/h9-13,20-21,25,27H,4-8,14-17H2,1-3H3/t21-/m1/s1. The zero-order valence-electron chi connectivity index (χ0n) is 18.5. The fourth-order valence-corrected chi connectivity index (χ4v) is 4.09. The number of aliphatic hydroxyl groups excluding tert-OH is 1. The van der Waals surface area contributed by atoms with Gasteiger partial charge in [-0.25, -0.2) is 0 Å². The molecule has 2 aromatic rings. The quantitative estimate of drug-likeness (QED) is 0.579. The van der Waals surface area contributed by atoms with E-state index in [4.69, 9.17) is 13.9 Å². The van der Waals surface area contributed by atoms with E-state index >= 15 is 0 Å². The summed E-state index contributed by atoms with van der Waals surface area (Å²) in [6, 6.07) is 10.4. The van der Waals surface area contributed by atoms with Gasteiger partial charge in [-0.2, -0.15) is 0 Å². The third-order valence-corrected chi connectivity index (χ3v) is 5.78. The molecule has 1 fully saturated rings. The minimum Gasteiger partial charge on any atom is -0.493 e. The minimum atomic E-state index is -0.528. The molecule has 0 unspecified atom stereocenters. The molecule has 1 heterocycles. The van der Waals surface area contributed by atoms with Crippen molar-refractivity contribution in [3.63, 3.8) is 0 Å². The molecule has 0 bridgehead atoms. The van der Waals surface area contributed by atoms with E-state index < -0.39 is 6.10 Å². The van der Waals surface area contributed by atoms with Crippen LogP contribution in [-0.4, -0.2) is 49.5 Å². The van der Waals surface area contributed by atoms with E-state index in [1.54, 1.807) is 7.11 Å². The number of hydrogen-bond acceptors (Lipinski definition) is 6. The van der Waals surface area contributed by atoms with E-state index in [0.29, 0.717) is 37.2 Å². The van der Waals surface area contributed by atoms with Crippen LogP contribution in [0, 0.1) is 6.92 Å². The molecule has 0 aliphatic heterocycles. The number of benzene rings is 1. The third kappa shape index (κ3) is 6.76. The Labute approximate surface area is 180 Å². The molecule has 6 heteroatoms. The maximum atomic E-state index is 10.4. The molecular weight excluding hydrogens is 380 g/mol. The molecule has 1 atom stereocenters. The maximum Gasteiger partial charge on any atom is 0.161 e. The topological polar surface area (TPSA) is 67.1 Å². The van der Waals surface area contributed by atoms with Crippen molar-refractivity contribution in [2.45, 2.75) is 64.3 Å². The van der Waals surface area contributed by atoms with Gasteiger partial charge in [0.05, 0.1) is 13.7 Å². The third-order valence-electron chi connectivity index (χ3n) is 5.78. The molecule has 1 aliphatic rings. The average molecular weight is 417 g/mol. The number of hydrogen-bond donors (Lipinski definition) is 2. The summed E-state index contributed by atoms with van der Waals surface area (Å²) in [5, 5.41) is 13.8. The van der Waals surface area contributed by atoms with Crippen LogP contribution in [0.25, 0.3) is 0 Å². The molecule has 1 aromatic heterocycles.